The zero-order valence-corrected chi connectivity index (χ0v) is 12.8. The molecule has 0 aromatic heterocycles. The lowest BCUT2D eigenvalue weighted by atomic mass is 9.96. The van der Waals surface area contributed by atoms with Crippen LogP contribution in [0.3, 0.4) is 0 Å². The van der Waals surface area contributed by atoms with Gasteiger partial charge < -0.3 is 20.6 Å². The van der Waals surface area contributed by atoms with Gasteiger partial charge in [-0.3, -0.25) is 4.79 Å². The lowest BCUT2D eigenvalue weighted by Gasteiger charge is -2.29. The smallest absolute Gasteiger partial charge is 0.314 e. The van der Waals surface area contributed by atoms with Gasteiger partial charge in [0.2, 0.25) is 0 Å². The predicted molar refractivity (Wildman–Crippen MR) is 80.1 cm³/mol. The van der Waals surface area contributed by atoms with Crippen LogP contribution in [0.2, 0.25) is 0 Å². The van der Waals surface area contributed by atoms with Gasteiger partial charge in [-0.15, -0.1) is 0 Å². The van der Waals surface area contributed by atoms with Gasteiger partial charge in [0.05, 0.1) is 5.92 Å². The normalized spacial score (nSPS) is 27.5. The molecule has 2 unspecified atom stereocenters. The van der Waals surface area contributed by atoms with Crippen LogP contribution in [0.1, 0.15) is 32.1 Å². The molecular formula is C15H27N3O3. The summed E-state index contributed by atoms with van der Waals surface area (Å²) in [5.41, 5.74) is 0. The van der Waals surface area contributed by atoms with Gasteiger partial charge in [-0.25, -0.2) is 4.79 Å². The molecule has 0 bridgehead atoms. The second-order valence-corrected chi connectivity index (χ2v) is 6.47. The van der Waals surface area contributed by atoms with Crippen molar-refractivity contribution in [2.45, 2.75) is 32.1 Å². The highest BCUT2D eigenvalue weighted by atomic mass is 16.4. The van der Waals surface area contributed by atoms with Crippen molar-refractivity contribution in [1.82, 2.24) is 15.5 Å². The maximum absolute atomic E-state index is 11.8. The van der Waals surface area contributed by atoms with E-state index in [1.165, 1.54) is 0 Å². The third-order valence-electron chi connectivity index (χ3n) is 4.89. The van der Waals surface area contributed by atoms with Crippen LogP contribution < -0.4 is 10.6 Å². The maximum atomic E-state index is 11.8. The largest absolute Gasteiger partial charge is 0.481 e. The molecule has 6 nitrogen and oxygen atoms in total. The number of hydrogen-bond acceptors (Lipinski definition) is 3. The first-order chi connectivity index (χ1) is 10.1. The summed E-state index contributed by atoms with van der Waals surface area (Å²) in [6.07, 6.45) is 4.83. The highest BCUT2D eigenvalue weighted by Crippen LogP contribution is 2.31. The fourth-order valence-corrected chi connectivity index (χ4v) is 3.40. The molecule has 120 valence electrons. The van der Waals surface area contributed by atoms with E-state index in [-0.39, 0.29) is 17.9 Å². The molecule has 1 saturated carbocycles. The van der Waals surface area contributed by atoms with Gasteiger partial charge in [0, 0.05) is 13.1 Å². The van der Waals surface area contributed by atoms with Gasteiger partial charge in [-0.05, 0) is 57.7 Å². The van der Waals surface area contributed by atoms with Crippen molar-refractivity contribution in [3.63, 3.8) is 0 Å². The van der Waals surface area contributed by atoms with Gasteiger partial charge in [-0.2, -0.15) is 0 Å². The van der Waals surface area contributed by atoms with Crippen LogP contribution in [0.15, 0.2) is 0 Å². The molecule has 3 N–H and O–H groups in total. The molecule has 6 heteroatoms. The zero-order chi connectivity index (χ0) is 15.2. The van der Waals surface area contributed by atoms with Crippen molar-refractivity contribution in [1.29, 1.82) is 0 Å². The summed E-state index contributed by atoms with van der Waals surface area (Å²) in [5, 5.41) is 14.9. The number of piperidine rings is 1. The Balaban J connectivity index is 1.62. The third kappa shape index (κ3) is 4.88. The minimum atomic E-state index is -0.731. The molecule has 1 aliphatic carbocycles. The standard InChI is InChI=1S/C15H27N3O3/c1-18-7-5-11(6-8-18)9-16-15(21)17-10-12-3-2-4-13(12)14(19)20/h11-13H,2-10H2,1H3,(H,19,20)(H2,16,17,21). The second kappa shape index (κ2) is 7.64. The molecule has 1 saturated heterocycles. The molecule has 21 heavy (non-hydrogen) atoms. The average molecular weight is 297 g/mol. The number of amides is 2. The second-order valence-electron chi connectivity index (χ2n) is 6.47. The molecule has 0 aromatic rings. The lowest BCUT2D eigenvalue weighted by molar-refractivity contribution is -0.142. The van der Waals surface area contributed by atoms with E-state index in [4.69, 9.17) is 5.11 Å². The first-order valence-electron chi connectivity index (χ1n) is 7.99. The molecule has 0 radical (unpaired) electrons. The Morgan fingerprint density at radius 2 is 1.76 bits per heavy atom. The number of carbonyl (C=O) groups is 2. The predicted octanol–water partition coefficient (Wildman–Crippen LogP) is 1.13. The van der Waals surface area contributed by atoms with Crippen LogP contribution in [-0.4, -0.2) is 55.2 Å². The Labute approximate surface area is 126 Å². The quantitative estimate of drug-likeness (QED) is 0.710. The highest BCUT2D eigenvalue weighted by Gasteiger charge is 2.32. The number of urea groups is 1. The van der Waals surface area contributed by atoms with Crippen LogP contribution in [-0.2, 0) is 4.79 Å². The van der Waals surface area contributed by atoms with E-state index in [2.05, 4.69) is 22.6 Å². The summed E-state index contributed by atoms with van der Waals surface area (Å²) in [5.74, 6) is -0.382. The number of carbonyl (C=O) groups excluding carboxylic acids is 1. The summed E-state index contributed by atoms with van der Waals surface area (Å²) >= 11 is 0. The first kappa shape index (κ1) is 16.1. The van der Waals surface area contributed by atoms with Crippen LogP contribution in [0.4, 0.5) is 4.79 Å². The van der Waals surface area contributed by atoms with Crippen LogP contribution in [0.5, 0.6) is 0 Å². The molecule has 0 aromatic carbocycles. The molecule has 2 aliphatic rings. The first-order valence-corrected chi connectivity index (χ1v) is 7.99. The van der Waals surface area contributed by atoms with Crippen LogP contribution in [0, 0.1) is 17.8 Å². The van der Waals surface area contributed by atoms with Gasteiger partial charge >= 0.3 is 12.0 Å². The Morgan fingerprint density at radius 3 is 2.43 bits per heavy atom. The number of nitrogens with one attached hydrogen (secondary N) is 2. The summed E-state index contributed by atoms with van der Waals surface area (Å²) in [7, 11) is 2.12. The number of aliphatic carboxylic acids is 1. The number of rotatable bonds is 5. The van der Waals surface area contributed by atoms with Crippen molar-refractivity contribution in [3.05, 3.63) is 0 Å². The molecule has 2 amide bonds. The van der Waals surface area contributed by atoms with E-state index in [0.717, 1.165) is 45.2 Å². The molecule has 2 rings (SSSR count). The topological polar surface area (TPSA) is 81.7 Å². The van der Waals surface area contributed by atoms with Crippen LogP contribution in [0.25, 0.3) is 0 Å². The Hall–Kier alpha value is -1.30. The molecular weight excluding hydrogens is 270 g/mol. The number of carboxylic acid groups (broad SMARTS) is 1. The monoisotopic (exact) mass is 297 g/mol. The number of carboxylic acids is 1. The van der Waals surface area contributed by atoms with Crippen molar-refractivity contribution in [2.75, 3.05) is 33.2 Å². The fraction of sp³-hybridized carbons (Fsp3) is 0.867. The van der Waals surface area contributed by atoms with Gasteiger partial charge in [-0.1, -0.05) is 6.42 Å². The number of nitrogens with zero attached hydrogens (tertiary/aromatic N) is 1. The van der Waals surface area contributed by atoms with E-state index < -0.39 is 5.97 Å². The molecule has 2 atom stereocenters. The SMILES string of the molecule is CN1CCC(CNC(=O)NCC2CCCC2C(=O)O)CC1. The molecule has 1 aliphatic heterocycles. The van der Waals surface area contributed by atoms with Crippen molar-refractivity contribution < 1.29 is 14.7 Å². The summed E-state index contributed by atoms with van der Waals surface area (Å²) in [6.45, 7) is 3.37. The van der Waals surface area contributed by atoms with Crippen LogP contribution >= 0.6 is 0 Å². The summed E-state index contributed by atoms with van der Waals surface area (Å²) in [4.78, 5) is 25.2. The van der Waals surface area contributed by atoms with E-state index in [1.54, 1.807) is 0 Å². The maximum Gasteiger partial charge on any atom is 0.314 e. The summed E-state index contributed by atoms with van der Waals surface area (Å²) in [6, 6.07) is -0.162. The van der Waals surface area contributed by atoms with Crippen molar-refractivity contribution in [2.24, 2.45) is 17.8 Å². The Morgan fingerprint density at radius 1 is 1.10 bits per heavy atom. The van der Waals surface area contributed by atoms with E-state index in [1.807, 2.05) is 0 Å². The minimum Gasteiger partial charge on any atom is -0.481 e. The zero-order valence-electron chi connectivity index (χ0n) is 12.8. The summed E-state index contributed by atoms with van der Waals surface area (Å²) < 4.78 is 0. The van der Waals surface area contributed by atoms with Crippen molar-refractivity contribution in [3.8, 4) is 0 Å². The number of hydrogen-bond donors (Lipinski definition) is 3. The van der Waals surface area contributed by atoms with Gasteiger partial charge in [0.25, 0.3) is 0 Å². The van der Waals surface area contributed by atoms with Gasteiger partial charge in [0.1, 0.15) is 0 Å². The molecule has 0 spiro atoms. The average Bonchev–Trinajstić information content (AvgIpc) is 2.93. The van der Waals surface area contributed by atoms with Gasteiger partial charge in [0.15, 0.2) is 0 Å². The van der Waals surface area contributed by atoms with E-state index in [9.17, 15) is 9.59 Å². The fourth-order valence-electron chi connectivity index (χ4n) is 3.40. The third-order valence-corrected chi connectivity index (χ3v) is 4.89. The van der Waals surface area contributed by atoms with E-state index >= 15 is 0 Å². The number of likely N-dealkylation sites (tertiary alicyclic amines) is 1. The lowest BCUT2D eigenvalue weighted by Crippen LogP contribution is -2.43. The Kier molecular flexibility index (Phi) is 5.85. The van der Waals surface area contributed by atoms with E-state index in [0.29, 0.717) is 19.0 Å². The van der Waals surface area contributed by atoms with Crippen molar-refractivity contribution >= 4 is 12.0 Å². The molecule has 2 fully saturated rings. The molecule has 1 heterocycles. The Bertz CT molecular complexity index is 367. The minimum absolute atomic E-state index is 0.0802. The highest BCUT2D eigenvalue weighted by molar-refractivity contribution is 5.74.